The Hall–Kier alpha value is -2.09. The van der Waals surface area contributed by atoms with Crippen molar-refractivity contribution in [1.82, 2.24) is 24.8 Å². The SMILES string of the molecule is O=c1[nH]c(-c2cncnc2)nc2c1CN(Cc1ccc(Cl)s1)CC2. The molecule has 0 aromatic carbocycles. The van der Waals surface area contributed by atoms with E-state index in [2.05, 4.69) is 24.8 Å². The minimum absolute atomic E-state index is 0.0900. The number of rotatable bonds is 3. The van der Waals surface area contributed by atoms with Gasteiger partial charge < -0.3 is 4.98 Å². The van der Waals surface area contributed by atoms with Gasteiger partial charge in [0, 0.05) is 43.3 Å². The van der Waals surface area contributed by atoms with Crippen molar-refractivity contribution in [2.45, 2.75) is 19.5 Å². The molecule has 0 bridgehead atoms. The van der Waals surface area contributed by atoms with Crippen molar-refractivity contribution in [2.24, 2.45) is 0 Å². The van der Waals surface area contributed by atoms with E-state index >= 15 is 0 Å². The number of H-pyrrole nitrogens is 1. The molecule has 1 aliphatic heterocycles. The van der Waals surface area contributed by atoms with Gasteiger partial charge in [0.2, 0.25) is 0 Å². The summed E-state index contributed by atoms with van der Waals surface area (Å²) in [6.45, 7) is 2.26. The largest absolute Gasteiger partial charge is 0.306 e. The van der Waals surface area contributed by atoms with Crippen LogP contribution in [-0.2, 0) is 19.5 Å². The van der Waals surface area contributed by atoms with Crippen LogP contribution in [0.25, 0.3) is 11.4 Å². The highest BCUT2D eigenvalue weighted by molar-refractivity contribution is 7.16. The van der Waals surface area contributed by atoms with Crippen LogP contribution in [0.2, 0.25) is 4.34 Å². The number of thiophene rings is 1. The number of aromatic nitrogens is 4. The van der Waals surface area contributed by atoms with Crippen molar-refractivity contribution in [3.05, 3.63) is 61.7 Å². The second-order valence-corrected chi connectivity index (χ2v) is 7.43. The fourth-order valence-electron chi connectivity index (χ4n) is 2.83. The number of hydrogen-bond acceptors (Lipinski definition) is 6. The van der Waals surface area contributed by atoms with E-state index in [0.29, 0.717) is 17.9 Å². The molecule has 8 heteroatoms. The number of halogens is 1. The first kappa shape index (κ1) is 15.4. The topological polar surface area (TPSA) is 74.8 Å². The molecule has 3 aromatic heterocycles. The van der Waals surface area contributed by atoms with Crippen molar-refractivity contribution in [3.63, 3.8) is 0 Å². The van der Waals surface area contributed by atoms with E-state index in [9.17, 15) is 4.79 Å². The molecule has 0 atom stereocenters. The van der Waals surface area contributed by atoms with Crippen LogP contribution in [0.3, 0.4) is 0 Å². The lowest BCUT2D eigenvalue weighted by atomic mass is 10.1. The fourth-order valence-corrected chi connectivity index (χ4v) is 3.96. The zero-order valence-electron chi connectivity index (χ0n) is 12.7. The highest BCUT2D eigenvalue weighted by Crippen LogP contribution is 2.25. The molecule has 122 valence electrons. The standard InChI is InChI=1S/C16H14ClN5OS/c17-14-2-1-11(24-14)7-22-4-3-13-12(8-22)16(23)21-15(20-13)10-5-18-9-19-6-10/h1-2,5-6,9H,3-4,7-8H2,(H,20,21,23). The maximum atomic E-state index is 12.5. The van der Waals surface area contributed by atoms with Crippen LogP contribution in [0.1, 0.15) is 16.1 Å². The highest BCUT2D eigenvalue weighted by atomic mass is 35.5. The molecule has 0 saturated carbocycles. The third kappa shape index (κ3) is 3.10. The third-order valence-corrected chi connectivity index (χ3v) is 5.21. The first-order valence-electron chi connectivity index (χ1n) is 7.53. The van der Waals surface area contributed by atoms with E-state index in [1.165, 1.54) is 11.2 Å². The summed E-state index contributed by atoms with van der Waals surface area (Å²) in [5, 5.41) is 0. The van der Waals surface area contributed by atoms with Crippen molar-refractivity contribution in [3.8, 4) is 11.4 Å². The Morgan fingerprint density at radius 1 is 1.29 bits per heavy atom. The van der Waals surface area contributed by atoms with Crippen LogP contribution in [0.15, 0.2) is 35.6 Å². The van der Waals surface area contributed by atoms with Crippen molar-refractivity contribution < 1.29 is 0 Å². The first-order valence-corrected chi connectivity index (χ1v) is 8.72. The molecule has 0 spiro atoms. The van der Waals surface area contributed by atoms with Gasteiger partial charge in [0.1, 0.15) is 12.2 Å². The molecule has 4 rings (SSSR count). The summed E-state index contributed by atoms with van der Waals surface area (Å²) in [6.07, 6.45) is 5.49. The molecule has 24 heavy (non-hydrogen) atoms. The summed E-state index contributed by atoms with van der Waals surface area (Å²) >= 11 is 7.56. The minimum atomic E-state index is -0.0900. The van der Waals surface area contributed by atoms with Gasteiger partial charge in [-0.15, -0.1) is 11.3 Å². The Bertz CT molecular complexity index is 924. The van der Waals surface area contributed by atoms with E-state index < -0.39 is 0 Å². The molecular weight excluding hydrogens is 346 g/mol. The Balaban J connectivity index is 1.59. The molecular formula is C16H14ClN5OS. The fraction of sp³-hybridized carbons (Fsp3) is 0.250. The summed E-state index contributed by atoms with van der Waals surface area (Å²) in [4.78, 5) is 31.3. The maximum absolute atomic E-state index is 12.5. The van der Waals surface area contributed by atoms with Gasteiger partial charge in [-0.1, -0.05) is 11.6 Å². The quantitative estimate of drug-likeness (QED) is 0.777. The molecule has 6 nitrogen and oxygen atoms in total. The zero-order chi connectivity index (χ0) is 16.5. The molecule has 1 aliphatic rings. The second kappa shape index (κ2) is 6.43. The lowest BCUT2D eigenvalue weighted by Gasteiger charge is -2.27. The molecule has 0 fully saturated rings. The van der Waals surface area contributed by atoms with Gasteiger partial charge in [0.25, 0.3) is 5.56 Å². The van der Waals surface area contributed by atoms with E-state index in [1.54, 1.807) is 23.7 Å². The minimum Gasteiger partial charge on any atom is -0.306 e. The van der Waals surface area contributed by atoms with Crippen LogP contribution in [-0.4, -0.2) is 31.4 Å². The van der Waals surface area contributed by atoms with E-state index in [-0.39, 0.29) is 5.56 Å². The van der Waals surface area contributed by atoms with E-state index in [0.717, 1.165) is 35.1 Å². The molecule has 0 aliphatic carbocycles. The number of fused-ring (bicyclic) bond motifs is 1. The van der Waals surface area contributed by atoms with Gasteiger partial charge >= 0.3 is 0 Å². The molecule has 0 saturated heterocycles. The summed E-state index contributed by atoms with van der Waals surface area (Å²) in [5.41, 5.74) is 2.23. The number of aromatic amines is 1. The predicted molar refractivity (Wildman–Crippen MR) is 93.0 cm³/mol. The van der Waals surface area contributed by atoms with Gasteiger partial charge in [-0.3, -0.25) is 9.69 Å². The molecule has 0 unspecified atom stereocenters. The molecule has 4 heterocycles. The summed E-state index contributed by atoms with van der Waals surface area (Å²) in [6, 6.07) is 3.94. The maximum Gasteiger partial charge on any atom is 0.255 e. The van der Waals surface area contributed by atoms with Gasteiger partial charge in [-0.25, -0.2) is 15.0 Å². The predicted octanol–water partition coefficient (Wildman–Crippen LogP) is 2.50. The lowest BCUT2D eigenvalue weighted by molar-refractivity contribution is 0.244. The van der Waals surface area contributed by atoms with Crippen molar-refractivity contribution in [1.29, 1.82) is 0 Å². The third-order valence-electron chi connectivity index (χ3n) is 3.99. The lowest BCUT2D eigenvalue weighted by Crippen LogP contribution is -2.35. The Kier molecular flexibility index (Phi) is 4.13. The Morgan fingerprint density at radius 2 is 2.12 bits per heavy atom. The molecule has 0 radical (unpaired) electrons. The molecule has 0 amide bonds. The van der Waals surface area contributed by atoms with Crippen LogP contribution in [0.5, 0.6) is 0 Å². The number of nitrogens with one attached hydrogen (secondary N) is 1. The Morgan fingerprint density at radius 3 is 2.88 bits per heavy atom. The van der Waals surface area contributed by atoms with Crippen LogP contribution >= 0.6 is 22.9 Å². The van der Waals surface area contributed by atoms with Gasteiger partial charge in [-0.2, -0.15) is 0 Å². The summed E-state index contributed by atoms with van der Waals surface area (Å²) in [5.74, 6) is 0.526. The van der Waals surface area contributed by atoms with Gasteiger partial charge in [-0.05, 0) is 12.1 Å². The molecule has 1 N–H and O–H groups in total. The van der Waals surface area contributed by atoms with Gasteiger partial charge in [0.05, 0.1) is 21.2 Å². The monoisotopic (exact) mass is 359 g/mol. The van der Waals surface area contributed by atoms with Crippen LogP contribution in [0.4, 0.5) is 0 Å². The smallest absolute Gasteiger partial charge is 0.255 e. The van der Waals surface area contributed by atoms with Crippen LogP contribution in [0, 0.1) is 0 Å². The number of nitrogens with zero attached hydrogens (tertiary/aromatic N) is 4. The summed E-state index contributed by atoms with van der Waals surface area (Å²) in [7, 11) is 0. The molecule has 3 aromatic rings. The summed E-state index contributed by atoms with van der Waals surface area (Å²) < 4.78 is 0.789. The first-order chi connectivity index (χ1) is 11.7. The second-order valence-electron chi connectivity index (χ2n) is 5.63. The Labute approximate surface area is 147 Å². The zero-order valence-corrected chi connectivity index (χ0v) is 14.3. The van der Waals surface area contributed by atoms with Gasteiger partial charge in [0.15, 0.2) is 0 Å². The average Bonchev–Trinajstić information content (AvgIpc) is 3.01. The van der Waals surface area contributed by atoms with Crippen molar-refractivity contribution in [2.75, 3.05) is 6.54 Å². The average molecular weight is 360 g/mol. The normalized spacial score (nSPS) is 14.5. The van der Waals surface area contributed by atoms with Crippen molar-refractivity contribution >= 4 is 22.9 Å². The van der Waals surface area contributed by atoms with E-state index in [4.69, 9.17) is 11.6 Å². The highest BCUT2D eigenvalue weighted by Gasteiger charge is 2.22. The number of hydrogen-bond donors (Lipinski definition) is 1. The van der Waals surface area contributed by atoms with E-state index in [1.807, 2.05) is 12.1 Å². The van der Waals surface area contributed by atoms with Crippen LogP contribution < -0.4 is 5.56 Å².